The molecule has 1 rings (SSSR count). The third-order valence-electron chi connectivity index (χ3n) is 1.36. The lowest BCUT2D eigenvalue weighted by molar-refractivity contribution is -0.150. The largest absolute Gasteiger partial charge is 0.478 e. The SMILES string of the molecule is N[C@](F)(Cc1cnc[nH]1)C(=O)O. The number of alkyl halides is 1. The van der Waals surface area contributed by atoms with Gasteiger partial charge in [-0.05, 0) is 0 Å². The molecule has 0 aliphatic heterocycles. The molecule has 0 spiro atoms. The van der Waals surface area contributed by atoms with E-state index < -0.39 is 18.2 Å². The number of hydrogen-bond donors (Lipinski definition) is 3. The van der Waals surface area contributed by atoms with Crippen LogP contribution in [-0.4, -0.2) is 26.8 Å². The molecule has 0 amide bonds. The maximum Gasteiger partial charge on any atom is 0.357 e. The molecule has 0 aliphatic rings. The van der Waals surface area contributed by atoms with Crippen molar-refractivity contribution in [1.82, 2.24) is 9.97 Å². The second-order valence-corrected chi connectivity index (χ2v) is 2.42. The Labute approximate surface area is 67.4 Å². The Kier molecular flexibility index (Phi) is 2.09. The molecule has 0 fully saturated rings. The van der Waals surface area contributed by atoms with Crippen molar-refractivity contribution in [2.24, 2.45) is 5.73 Å². The number of H-pyrrole nitrogens is 1. The van der Waals surface area contributed by atoms with Crippen LogP contribution in [0.2, 0.25) is 0 Å². The Morgan fingerprint density at radius 2 is 2.58 bits per heavy atom. The number of imidazole rings is 1. The first-order chi connectivity index (χ1) is 5.52. The molecule has 12 heavy (non-hydrogen) atoms. The fourth-order valence-electron chi connectivity index (χ4n) is 0.734. The van der Waals surface area contributed by atoms with E-state index in [-0.39, 0.29) is 0 Å². The molecule has 66 valence electrons. The summed E-state index contributed by atoms with van der Waals surface area (Å²) in [5, 5.41) is 8.31. The average molecular weight is 173 g/mol. The van der Waals surface area contributed by atoms with Crippen LogP contribution in [0.4, 0.5) is 4.39 Å². The van der Waals surface area contributed by atoms with Crippen molar-refractivity contribution in [3.8, 4) is 0 Å². The summed E-state index contributed by atoms with van der Waals surface area (Å²) in [5.41, 5.74) is 5.19. The van der Waals surface area contributed by atoms with Crippen LogP contribution in [0.1, 0.15) is 5.69 Å². The van der Waals surface area contributed by atoms with Crippen molar-refractivity contribution in [3.63, 3.8) is 0 Å². The molecular formula is C6H8FN3O2. The average Bonchev–Trinajstić information content (AvgIpc) is 2.38. The van der Waals surface area contributed by atoms with E-state index in [0.717, 1.165) is 0 Å². The van der Waals surface area contributed by atoms with Gasteiger partial charge in [0.25, 0.3) is 5.79 Å². The van der Waals surface area contributed by atoms with Gasteiger partial charge >= 0.3 is 5.97 Å². The predicted molar refractivity (Wildman–Crippen MR) is 38.0 cm³/mol. The number of aromatic nitrogens is 2. The lowest BCUT2D eigenvalue weighted by atomic mass is 10.1. The number of aliphatic carboxylic acids is 1. The van der Waals surface area contributed by atoms with Crippen LogP contribution in [0, 0.1) is 0 Å². The van der Waals surface area contributed by atoms with Gasteiger partial charge in [-0.2, -0.15) is 0 Å². The summed E-state index contributed by atoms with van der Waals surface area (Å²) >= 11 is 0. The number of nitrogens with two attached hydrogens (primary N) is 1. The second-order valence-electron chi connectivity index (χ2n) is 2.42. The highest BCUT2D eigenvalue weighted by Crippen LogP contribution is 2.09. The number of aromatic amines is 1. The summed E-state index contributed by atoms with van der Waals surface area (Å²) in [6.45, 7) is 0. The first kappa shape index (κ1) is 8.66. The Bertz CT molecular complexity index is 270. The monoisotopic (exact) mass is 173 g/mol. The van der Waals surface area contributed by atoms with E-state index in [1.54, 1.807) is 0 Å². The van der Waals surface area contributed by atoms with E-state index in [1.807, 2.05) is 0 Å². The summed E-state index contributed by atoms with van der Waals surface area (Å²) in [5.74, 6) is -4.41. The third-order valence-corrected chi connectivity index (χ3v) is 1.36. The van der Waals surface area contributed by atoms with Crippen molar-refractivity contribution in [3.05, 3.63) is 18.2 Å². The van der Waals surface area contributed by atoms with Gasteiger partial charge in [-0.1, -0.05) is 0 Å². The second kappa shape index (κ2) is 2.90. The summed E-state index contributed by atoms with van der Waals surface area (Å²) in [4.78, 5) is 16.4. The van der Waals surface area contributed by atoms with Crippen LogP contribution < -0.4 is 5.73 Å². The van der Waals surface area contributed by atoms with E-state index in [1.165, 1.54) is 12.5 Å². The molecule has 0 bridgehead atoms. The molecule has 0 unspecified atom stereocenters. The molecule has 1 heterocycles. The summed E-state index contributed by atoms with van der Waals surface area (Å²) < 4.78 is 12.9. The van der Waals surface area contributed by atoms with Crippen molar-refractivity contribution in [2.45, 2.75) is 12.2 Å². The predicted octanol–water partition coefficient (Wildman–Crippen LogP) is -0.339. The highest BCUT2D eigenvalue weighted by atomic mass is 19.1. The third kappa shape index (κ3) is 1.79. The number of nitrogens with zero attached hydrogens (tertiary/aromatic N) is 1. The molecular weight excluding hydrogens is 165 g/mol. The highest BCUT2D eigenvalue weighted by Gasteiger charge is 2.34. The van der Waals surface area contributed by atoms with Gasteiger partial charge in [-0.15, -0.1) is 0 Å². The van der Waals surface area contributed by atoms with Crippen molar-refractivity contribution in [1.29, 1.82) is 0 Å². The molecule has 0 aliphatic carbocycles. The van der Waals surface area contributed by atoms with Crippen molar-refractivity contribution in [2.75, 3.05) is 0 Å². The van der Waals surface area contributed by atoms with Gasteiger partial charge in [-0.3, -0.25) is 5.73 Å². The van der Waals surface area contributed by atoms with Gasteiger partial charge in [0.1, 0.15) is 0 Å². The molecule has 0 radical (unpaired) electrons. The van der Waals surface area contributed by atoms with E-state index in [2.05, 4.69) is 9.97 Å². The standard InChI is InChI=1S/C6H8FN3O2/c7-6(8,5(11)12)1-4-2-9-3-10-4/h2-3H,1,8H2,(H,9,10)(H,11,12)/t6-/m1/s1. The summed E-state index contributed by atoms with van der Waals surface area (Å²) in [7, 11) is 0. The zero-order valence-corrected chi connectivity index (χ0v) is 6.12. The Morgan fingerprint density at radius 3 is 3.00 bits per heavy atom. The smallest absolute Gasteiger partial charge is 0.357 e. The molecule has 0 saturated carbocycles. The minimum absolute atomic E-state index is 0.349. The van der Waals surface area contributed by atoms with E-state index in [4.69, 9.17) is 10.8 Å². The van der Waals surface area contributed by atoms with Crippen LogP contribution >= 0.6 is 0 Å². The van der Waals surface area contributed by atoms with Gasteiger partial charge in [0.05, 0.1) is 6.33 Å². The van der Waals surface area contributed by atoms with E-state index >= 15 is 0 Å². The molecule has 0 saturated heterocycles. The number of carboxylic acids is 1. The molecule has 1 aromatic rings. The lowest BCUT2D eigenvalue weighted by Crippen LogP contribution is -2.45. The molecule has 1 aromatic heterocycles. The van der Waals surface area contributed by atoms with Crippen LogP contribution in [0.5, 0.6) is 0 Å². The minimum atomic E-state index is -2.73. The first-order valence-electron chi connectivity index (χ1n) is 3.21. The minimum Gasteiger partial charge on any atom is -0.478 e. The van der Waals surface area contributed by atoms with Crippen LogP contribution in [-0.2, 0) is 11.2 Å². The topological polar surface area (TPSA) is 92.0 Å². The summed E-state index contributed by atoms with van der Waals surface area (Å²) in [6.07, 6.45) is 2.24. The molecule has 6 heteroatoms. The summed E-state index contributed by atoms with van der Waals surface area (Å²) in [6, 6.07) is 0. The maximum absolute atomic E-state index is 12.9. The number of rotatable bonds is 3. The zero-order valence-electron chi connectivity index (χ0n) is 6.12. The van der Waals surface area contributed by atoms with Crippen molar-refractivity contribution >= 4 is 5.97 Å². The van der Waals surface area contributed by atoms with Gasteiger partial charge in [0.2, 0.25) is 0 Å². The lowest BCUT2D eigenvalue weighted by Gasteiger charge is -2.12. The van der Waals surface area contributed by atoms with Crippen LogP contribution in [0.15, 0.2) is 12.5 Å². The van der Waals surface area contributed by atoms with E-state index in [0.29, 0.717) is 5.69 Å². The normalized spacial score (nSPS) is 15.5. The number of carboxylic acid groups (broad SMARTS) is 1. The number of halogens is 1. The highest BCUT2D eigenvalue weighted by molar-refractivity contribution is 5.76. The van der Waals surface area contributed by atoms with Crippen molar-refractivity contribution < 1.29 is 14.3 Å². The maximum atomic E-state index is 12.9. The van der Waals surface area contributed by atoms with Gasteiger partial charge in [0.15, 0.2) is 0 Å². The fraction of sp³-hybridized carbons (Fsp3) is 0.333. The molecule has 0 aromatic carbocycles. The van der Waals surface area contributed by atoms with Crippen LogP contribution in [0.3, 0.4) is 0 Å². The Balaban J connectivity index is 2.69. The quantitative estimate of drug-likeness (QED) is 0.545. The zero-order chi connectivity index (χ0) is 9.19. The number of nitrogens with one attached hydrogen (secondary N) is 1. The number of hydrogen-bond acceptors (Lipinski definition) is 3. The van der Waals surface area contributed by atoms with Gasteiger partial charge in [-0.25, -0.2) is 14.2 Å². The van der Waals surface area contributed by atoms with Crippen LogP contribution in [0.25, 0.3) is 0 Å². The molecule has 4 N–H and O–H groups in total. The molecule has 5 nitrogen and oxygen atoms in total. The molecule has 1 atom stereocenters. The Morgan fingerprint density at radius 1 is 1.92 bits per heavy atom. The Hall–Kier alpha value is -1.43. The number of carbonyl (C=O) groups is 1. The first-order valence-corrected chi connectivity index (χ1v) is 3.21. The van der Waals surface area contributed by atoms with Gasteiger partial charge in [0, 0.05) is 18.3 Å². The van der Waals surface area contributed by atoms with E-state index in [9.17, 15) is 9.18 Å². The van der Waals surface area contributed by atoms with Gasteiger partial charge < -0.3 is 10.1 Å². The fourth-order valence-corrected chi connectivity index (χ4v) is 0.734.